The van der Waals surface area contributed by atoms with Crippen LogP contribution in [0.25, 0.3) is 0 Å². The molecule has 1 amide bonds. The Morgan fingerprint density at radius 3 is 2.59 bits per heavy atom. The van der Waals surface area contributed by atoms with Crippen LogP contribution in [0.2, 0.25) is 0 Å². The van der Waals surface area contributed by atoms with Crippen molar-refractivity contribution in [3.05, 3.63) is 35.6 Å². The summed E-state index contributed by atoms with van der Waals surface area (Å²) < 4.78 is 19.1. The lowest BCUT2D eigenvalue weighted by Crippen LogP contribution is -2.49. The molecular weight excluding hydrogens is 392 g/mol. The smallest absolute Gasteiger partial charge is 0.241 e. The van der Waals surface area contributed by atoms with Crippen molar-refractivity contribution in [2.24, 2.45) is 5.41 Å². The molecule has 2 saturated heterocycles. The van der Waals surface area contributed by atoms with Crippen LogP contribution in [0.4, 0.5) is 4.39 Å². The van der Waals surface area contributed by atoms with Gasteiger partial charge in [0.05, 0.1) is 13.2 Å². The fourth-order valence-corrected chi connectivity index (χ4v) is 3.64. The third-order valence-corrected chi connectivity index (χ3v) is 5.32. The second kappa shape index (κ2) is 11.2. The highest BCUT2D eigenvalue weighted by Crippen LogP contribution is 2.28. The fourth-order valence-electron chi connectivity index (χ4n) is 3.64. The number of morpholine rings is 1. The lowest BCUT2D eigenvalue weighted by Gasteiger charge is -2.37. The average Bonchev–Trinajstić information content (AvgIpc) is 2.62. The van der Waals surface area contributed by atoms with Gasteiger partial charge >= 0.3 is 0 Å². The van der Waals surface area contributed by atoms with Gasteiger partial charge in [-0.3, -0.25) is 9.69 Å². The highest BCUT2D eigenvalue weighted by Gasteiger charge is 2.32. The summed E-state index contributed by atoms with van der Waals surface area (Å²) in [5, 5.41) is 6.49. The summed E-state index contributed by atoms with van der Waals surface area (Å²) >= 11 is 0. The molecular formula is C19H30Cl2FN3O2. The zero-order valence-electron chi connectivity index (χ0n) is 15.7. The molecule has 2 aliphatic heterocycles. The molecule has 0 radical (unpaired) electrons. The van der Waals surface area contributed by atoms with Gasteiger partial charge in [-0.1, -0.05) is 19.1 Å². The first-order valence-electron chi connectivity index (χ1n) is 9.13. The second-order valence-electron chi connectivity index (χ2n) is 7.38. The number of rotatable bonds is 5. The number of hydrogen-bond acceptors (Lipinski definition) is 4. The van der Waals surface area contributed by atoms with E-state index in [4.69, 9.17) is 4.74 Å². The van der Waals surface area contributed by atoms with Crippen molar-refractivity contribution < 1.29 is 13.9 Å². The molecule has 2 fully saturated rings. The van der Waals surface area contributed by atoms with Crippen LogP contribution in [-0.2, 0) is 9.53 Å². The number of carbonyl (C=O) groups excluding carboxylic acids is 1. The Bertz CT molecular complexity index is 594. The molecule has 0 spiro atoms. The number of hydrogen-bond donors (Lipinski definition) is 2. The maximum absolute atomic E-state index is 13.7. The molecule has 3 rings (SSSR count). The van der Waals surface area contributed by atoms with Crippen LogP contribution in [0.5, 0.6) is 0 Å². The normalized spacial score (nSPS) is 20.7. The maximum Gasteiger partial charge on any atom is 0.241 e. The fraction of sp³-hybridized carbons (Fsp3) is 0.632. The summed E-state index contributed by atoms with van der Waals surface area (Å²) in [5.74, 6) is -0.360. The second-order valence-corrected chi connectivity index (χ2v) is 7.38. The Balaban J connectivity index is 0.00000182. The Morgan fingerprint density at radius 2 is 1.96 bits per heavy atom. The molecule has 27 heavy (non-hydrogen) atoms. The minimum Gasteiger partial charge on any atom is -0.379 e. The van der Waals surface area contributed by atoms with E-state index in [1.165, 1.54) is 12.1 Å². The van der Waals surface area contributed by atoms with Crippen LogP contribution < -0.4 is 10.6 Å². The van der Waals surface area contributed by atoms with E-state index in [9.17, 15) is 9.18 Å². The van der Waals surface area contributed by atoms with Crippen LogP contribution in [0.1, 0.15) is 31.4 Å². The molecule has 2 heterocycles. The molecule has 2 aliphatic rings. The Morgan fingerprint density at radius 1 is 1.30 bits per heavy atom. The van der Waals surface area contributed by atoms with Crippen molar-refractivity contribution in [2.45, 2.75) is 25.8 Å². The molecule has 8 heteroatoms. The molecule has 1 atom stereocenters. The van der Waals surface area contributed by atoms with E-state index in [2.05, 4.69) is 22.5 Å². The maximum atomic E-state index is 13.7. The number of carbonyl (C=O) groups is 1. The monoisotopic (exact) mass is 421 g/mol. The van der Waals surface area contributed by atoms with E-state index < -0.39 is 6.04 Å². The number of nitrogens with one attached hydrogen (secondary N) is 2. The predicted molar refractivity (Wildman–Crippen MR) is 109 cm³/mol. The highest BCUT2D eigenvalue weighted by atomic mass is 35.5. The van der Waals surface area contributed by atoms with Crippen LogP contribution >= 0.6 is 24.8 Å². The number of nitrogens with zero attached hydrogens (tertiary/aromatic N) is 1. The lowest BCUT2D eigenvalue weighted by atomic mass is 9.81. The minimum absolute atomic E-state index is 0. The Hall–Kier alpha value is -0.920. The van der Waals surface area contributed by atoms with E-state index in [0.29, 0.717) is 38.4 Å². The summed E-state index contributed by atoms with van der Waals surface area (Å²) in [4.78, 5) is 15.1. The number of amides is 1. The zero-order valence-corrected chi connectivity index (χ0v) is 17.3. The first-order chi connectivity index (χ1) is 12.1. The molecule has 5 nitrogen and oxygen atoms in total. The van der Waals surface area contributed by atoms with Gasteiger partial charge < -0.3 is 15.4 Å². The quantitative estimate of drug-likeness (QED) is 0.766. The van der Waals surface area contributed by atoms with Crippen molar-refractivity contribution in [3.63, 3.8) is 0 Å². The molecule has 0 bridgehead atoms. The molecule has 1 unspecified atom stereocenters. The summed E-state index contributed by atoms with van der Waals surface area (Å²) in [5.41, 5.74) is 0.827. The number of ether oxygens (including phenoxy) is 1. The van der Waals surface area contributed by atoms with Gasteiger partial charge in [-0.2, -0.15) is 0 Å². The van der Waals surface area contributed by atoms with Gasteiger partial charge in [-0.15, -0.1) is 24.8 Å². The molecule has 1 aromatic rings. The standard InChI is InChI=1S/C19H28FN3O2.2ClH/c1-19(5-7-21-8-6-19)14-22-18(24)17(23-9-11-25-12-10-23)15-3-2-4-16(20)13-15;;/h2-4,13,17,21H,5-12,14H2,1H3,(H,22,24);2*1H. The third kappa shape index (κ3) is 6.57. The van der Waals surface area contributed by atoms with Gasteiger partial charge in [0.15, 0.2) is 0 Å². The van der Waals surface area contributed by atoms with E-state index in [1.807, 2.05) is 6.07 Å². The van der Waals surface area contributed by atoms with E-state index in [0.717, 1.165) is 25.9 Å². The summed E-state index contributed by atoms with van der Waals surface area (Å²) in [6, 6.07) is 5.90. The highest BCUT2D eigenvalue weighted by molar-refractivity contribution is 5.85. The van der Waals surface area contributed by atoms with Gasteiger partial charge in [0.1, 0.15) is 11.9 Å². The Kier molecular flexibility index (Phi) is 9.98. The van der Waals surface area contributed by atoms with E-state index in [-0.39, 0.29) is 42.0 Å². The van der Waals surface area contributed by atoms with Crippen molar-refractivity contribution in [2.75, 3.05) is 45.9 Å². The van der Waals surface area contributed by atoms with Crippen molar-refractivity contribution in [3.8, 4) is 0 Å². The zero-order chi connectivity index (χ0) is 17.7. The average molecular weight is 422 g/mol. The number of halogens is 3. The van der Waals surface area contributed by atoms with Crippen LogP contribution in [0, 0.1) is 11.2 Å². The van der Waals surface area contributed by atoms with Gasteiger partial charge in [0.25, 0.3) is 0 Å². The first kappa shape index (κ1) is 24.1. The van der Waals surface area contributed by atoms with Crippen molar-refractivity contribution in [1.82, 2.24) is 15.5 Å². The summed E-state index contributed by atoms with van der Waals surface area (Å²) in [7, 11) is 0. The van der Waals surface area contributed by atoms with Crippen LogP contribution in [0.3, 0.4) is 0 Å². The lowest BCUT2D eigenvalue weighted by molar-refractivity contribution is -0.129. The minimum atomic E-state index is -0.468. The SMILES string of the molecule is CC1(CNC(=O)C(c2cccc(F)c2)N2CCOCC2)CCNCC1.Cl.Cl. The molecule has 2 N–H and O–H groups in total. The molecule has 0 aromatic heterocycles. The summed E-state index contributed by atoms with van der Waals surface area (Å²) in [6.07, 6.45) is 2.10. The predicted octanol–water partition coefficient (Wildman–Crippen LogP) is 2.55. The van der Waals surface area contributed by atoms with Gasteiger partial charge in [0.2, 0.25) is 5.91 Å². The van der Waals surface area contributed by atoms with Gasteiger partial charge in [-0.05, 0) is 49.0 Å². The van der Waals surface area contributed by atoms with Crippen molar-refractivity contribution in [1.29, 1.82) is 0 Å². The molecule has 0 saturated carbocycles. The first-order valence-corrected chi connectivity index (χ1v) is 9.13. The molecule has 0 aliphatic carbocycles. The summed E-state index contributed by atoms with van der Waals surface area (Å²) in [6.45, 7) is 7.41. The van der Waals surface area contributed by atoms with Gasteiger partial charge in [-0.25, -0.2) is 4.39 Å². The largest absolute Gasteiger partial charge is 0.379 e. The number of piperidine rings is 1. The van der Waals surface area contributed by atoms with Crippen LogP contribution in [0.15, 0.2) is 24.3 Å². The topological polar surface area (TPSA) is 53.6 Å². The van der Waals surface area contributed by atoms with E-state index >= 15 is 0 Å². The number of benzene rings is 1. The van der Waals surface area contributed by atoms with Crippen molar-refractivity contribution >= 4 is 30.7 Å². The van der Waals surface area contributed by atoms with E-state index in [1.54, 1.807) is 6.07 Å². The molecule has 1 aromatic carbocycles. The van der Waals surface area contributed by atoms with Gasteiger partial charge in [0, 0.05) is 19.6 Å². The Labute approximate surface area is 173 Å². The third-order valence-electron chi connectivity index (χ3n) is 5.32. The molecule has 154 valence electrons. The van der Waals surface area contributed by atoms with Crippen LogP contribution in [-0.4, -0.2) is 56.7 Å².